The Balaban J connectivity index is 2.06. The minimum Gasteiger partial charge on any atom is -0.479 e. The Morgan fingerprint density at radius 3 is 2.67 bits per heavy atom. The smallest absolute Gasteiger partial charge is 0.263 e. The van der Waals surface area contributed by atoms with E-state index in [0.29, 0.717) is 37.7 Å². The summed E-state index contributed by atoms with van der Waals surface area (Å²) in [7, 11) is 3.88. The second-order valence-electron chi connectivity index (χ2n) is 5.31. The summed E-state index contributed by atoms with van der Waals surface area (Å²) in [6.07, 6.45) is -0.567. The summed E-state index contributed by atoms with van der Waals surface area (Å²) >= 11 is 0. The molecule has 1 aliphatic heterocycles. The van der Waals surface area contributed by atoms with E-state index in [2.05, 4.69) is 0 Å². The fourth-order valence-corrected chi connectivity index (χ4v) is 2.18. The molecule has 1 fully saturated rings. The Bertz CT molecular complexity index is 499. The van der Waals surface area contributed by atoms with Crippen LogP contribution < -0.4 is 15.4 Å². The molecule has 1 aromatic carbocycles. The highest BCUT2D eigenvalue weighted by Gasteiger charge is 2.24. The Morgan fingerprint density at radius 1 is 1.38 bits per heavy atom. The Hall–Kier alpha value is -1.95. The number of benzene rings is 1. The van der Waals surface area contributed by atoms with Crippen molar-refractivity contribution in [2.75, 3.05) is 51.0 Å². The van der Waals surface area contributed by atoms with Crippen molar-refractivity contribution < 1.29 is 14.3 Å². The molecule has 0 aromatic heterocycles. The monoisotopic (exact) mass is 293 g/mol. The van der Waals surface area contributed by atoms with Crippen LogP contribution in [0.1, 0.15) is 6.92 Å². The van der Waals surface area contributed by atoms with Gasteiger partial charge in [-0.25, -0.2) is 0 Å². The van der Waals surface area contributed by atoms with Crippen molar-refractivity contribution in [3.63, 3.8) is 0 Å². The van der Waals surface area contributed by atoms with Crippen LogP contribution >= 0.6 is 0 Å². The third kappa shape index (κ3) is 3.78. The molecule has 2 N–H and O–H groups in total. The van der Waals surface area contributed by atoms with Crippen LogP contribution in [-0.2, 0) is 9.53 Å². The zero-order valence-corrected chi connectivity index (χ0v) is 12.8. The molecule has 0 radical (unpaired) electrons. The molecular formula is C15H23N3O3. The number of nitrogen functional groups attached to an aromatic ring is 1. The number of carbonyl (C=O) groups excluding carboxylic acids is 1. The van der Waals surface area contributed by atoms with Gasteiger partial charge < -0.3 is 25.0 Å². The first-order chi connectivity index (χ1) is 9.99. The number of ether oxygens (including phenoxy) is 2. The summed E-state index contributed by atoms with van der Waals surface area (Å²) in [5, 5.41) is 0. The number of hydrogen-bond donors (Lipinski definition) is 1. The van der Waals surface area contributed by atoms with Crippen molar-refractivity contribution in [1.29, 1.82) is 0 Å². The van der Waals surface area contributed by atoms with Gasteiger partial charge in [0.1, 0.15) is 5.75 Å². The van der Waals surface area contributed by atoms with E-state index in [1.807, 2.05) is 31.1 Å². The van der Waals surface area contributed by atoms with E-state index in [9.17, 15) is 4.79 Å². The highest BCUT2D eigenvalue weighted by Crippen LogP contribution is 2.28. The minimum atomic E-state index is -0.567. The van der Waals surface area contributed by atoms with Crippen molar-refractivity contribution in [3.05, 3.63) is 18.2 Å². The lowest BCUT2D eigenvalue weighted by Crippen LogP contribution is -2.46. The highest BCUT2D eigenvalue weighted by atomic mass is 16.5. The Labute approximate surface area is 125 Å². The zero-order valence-electron chi connectivity index (χ0n) is 12.8. The molecule has 1 amide bonds. The maximum atomic E-state index is 12.3. The number of carbonyl (C=O) groups is 1. The number of hydrogen-bond acceptors (Lipinski definition) is 5. The predicted octanol–water partition coefficient (Wildman–Crippen LogP) is 0.961. The Kier molecular flexibility index (Phi) is 4.90. The van der Waals surface area contributed by atoms with Gasteiger partial charge in [-0.3, -0.25) is 4.79 Å². The largest absolute Gasteiger partial charge is 0.479 e. The number of anilines is 2. The molecule has 0 bridgehead atoms. The minimum absolute atomic E-state index is 0.0343. The van der Waals surface area contributed by atoms with Gasteiger partial charge in [-0.1, -0.05) is 0 Å². The maximum absolute atomic E-state index is 12.3. The van der Waals surface area contributed by atoms with Crippen molar-refractivity contribution >= 4 is 17.3 Å². The quantitative estimate of drug-likeness (QED) is 0.838. The van der Waals surface area contributed by atoms with Crippen LogP contribution in [0.15, 0.2) is 18.2 Å². The second kappa shape index (κ2) is 6.67. The summed E-state index contributed by atoms with van der Waals surface area (Å²) in [6.45, 7) is 4.13. The van der Waals surface area contributed by atoms with Crippen LogP contribution in [0.4, 0.5) is 11.4 Å². The van der Waals surface area contributed by atoms with Crippen LogP contribution in [0.5, 0.6) is 5.75 Å². The van der Waals surface area contributed by atoms with Gasteiger partial charge in [0.05, 0.1) is 18.9 Å². The number of morpholine rings is 1. The number of nitrogens with zero attached hydrogens (tertiary/aromatic N) is 2. The van der Waals surface area contributed by atoms with Gasteiger partial charge in [0.25, 0.3) is 5.91 Å². The van der Waals surface area contributed by atoms with E-state index >= 15 is 0 Å². The molecule has 0 spiro atoms. The number of rotatable bonds is 4. The second-order valence-corrected chi connectivity index (χ2v) is 5.31. The van der Waals surface area contributed by atoms with E-state index in [0.717, 1.165) is 5.69 Å². The summed E-state index contributed by atoms with van der Waals surface area (Å²) in [5.74, 6) is 0.503. The lowest BCUT2D eigenvalue weighted by molar-refractivity contribution is -0.142. The van der Waals surface area contributed by atoms with Gasteiger partial charge in [-0.15, -0.1) is 0 Å². The average Bonchev–Trinajstić information content (AvgIpc) is 2.49. The lowest BCUT2D eigenvalue weighted by Gasteiger charge is -2.29. The molecule has 1 heterocycles. The molecule has 1 aliphatic rings. The molecule has 1 aromatic rings. The van der Waals surface area contributed by atoms with Gasteiger partial charge in [0.15, 0.2) is 6.10 Å². The first kappa shape index (κ1) is 15.4. The van der Waals surface area contributed by atoms with Gasteiger partial charge in [-0.05, 0) is 19.1 Å². The highest BCUT2D eigenvalue weighted by molar-refractivity contribution is 5.81. The molecule has 2 rings (SSSR count). The summed E-state index contributed by atoms with van der Waals surface area (Å²) < 4.78 is 11.0. The van der Waals surface area contributed by atoms with Crippen LogP contribution in [-0.4, -0.2) is 57.3 Å². The molecule has 0 aliphatic carbocycles. The van der Waals surface area contributed by atoms with E-state index in [-0.39, 0.29) is 5.91 Å². The van der Waals surface area contributed by atoms with Crippen molar-refractivity contribution in [2.24, 2.45) is 0 Å². The average molecular weight is 293 g/mol. The van der Waals surface area contributed by atoms with Gasteiger partial charge in [0, 0.05) is 38.9 Å². The number of amides is 1. The fourth-order valence-electron chi connectivity index (χ4n) is 2.18. The lowest BCUT2D eigenvalue weighted by atomic mass is 10.2. The SMILES string of the molecule is CC(Oc1cc(N(C)C)ccc1N)C(=O)N1CCOCC1. The van der Waals surface area contributed by atoms with E-state index in [1.54, 1.807) is 17.9 Å². The molecule has 21 heavy (non-hydrogen) atoms. The predicted molar refractivity (Wildman–Crippen MR) is 82.7 cm³/mol. The normalized spacial score (nSPS) is 16.4. The Morgan fingerprint density at radius 2 is 2.05 bits per heavy atom. The summed E-state index contributed by atoms with van der Waals surface area (Å²) in [4.78, 5) is 16.0. The van der Waals surface area contributed by atoms with Crippen molar-refractivity contribution in [1.82, 2.24) is 4.90 Å². The molecule has 0 saturated carbocycles. The van der Waals surface area contributed by atoms with Crippen LogP contribution in [0, 0.1) is 0 Å². The van der Waals surface area contributed by atoms with Crippen molar-refractivity contribution in [2.45, 2.75) is 13.0 Å². The standard InChI is InChI=1S/C15H23N3O3/c1-11(15(19)18-6-8-20-9-7-18)21-14-10-12(17(2)3)4-5-13(14)16/h4-5,10-11H,6-9,16H2,1-3H3. The third-order valence-electron chi connectivity index (χ3n) is 3.49. The van der Waals surface area contributed by atoms with Gasteiger partial charge >= 0.3 is 0 Å². The molecular weight excluding hydrogens is 270 g/mol. The third-order valence-corrected chi connectivity index (χ3v) is 3.49. The molecule has 6 heteroatoms. The molecule has 1 unspecified atom stereocenters. The molecule has 116 valence electrons. The topological polar surface area (TPSA) is 68.0 Å². The van der Waals surface area contributed by atoms with Crippen LogP contribution in [0.25, 0.3) is 0 Å². The van der Waals surface area contributed by atoms with Gasteiger partial charge in [-0.2, -0.15) is 0 Å². The fraction of sp³-hybridized carbons (Fsp3) is 0.533. The first-order valence-electron chi connectivity index (χ1n) is 7.09. The summed E-state index contributed by atoms with van der Waals surface area (Å²) in [5.41, 5.74) is 7.43. The van der Waals surface area contributed by atoms with E-state index < -0.39 is 6.10 Å². The number of nitrogens with two attached hydrogens (primary N) is 1. The van der Waals surface area contributed by atoms with Gasteiger partial charge in [0.2, 0.25) is 0 Å². The van der Waals surface area contributed by atoms with Crippen LogP contribution in [0.3, 0.4) is 0 Å². The van der Waals surface area contributed by atoms with E-state index in [4.69, 9.17) is 15.2 Å². The van der Waals surface area contributed by atoms with Crippen LogP contribution in [0.2, 0.25) is 0 Å². The summed E-state index contributed by atoms with van der Waals surface area (Å²) in [6, 6.07) is 5.55. The molecule has 1 atom stereocenters. The molecule has 1 saturated heterocycles. The zero-order chi connectivity index (χ0) is 15.4. The maximum Gasteiger partial charge on any atom is 0.263 e. The van der Waals surface area contributed by atoms with E-state index in [1.165, 1.54) is 0 Å². The van der Waals surface area contributed by atoms with Crippen molar-refractivity contribution in [3.8, 4) is 5.75 Å². The molecule has 6 nitrogen and oxygen atoms in total. The first-order valence-corrected chi connectivity index (χ1v) is 7.09.